The van der Waals surface area contributed by atoms with Gasteiger partial charge in [0.25, 0.3) is 0 Å². The molecule has 1 aliphatic rings. The van der Waals surface area contributed by atoms with Crippen molar-refractivity contribution in [2.24, 2.45) is 5.41 Å². The molecule has 1 atom stereocenters. The Morgan fingerprint density at radius 2 is 1.84 bits per heavy atom. The molecule has 0 amide bonds. The van der Waals surface area contributed by atoms with Crippen molar-refractivity contribution in [1.29, 1.82) is 10.5 Å². The zero-order valence-electron chi connectivity index (χ0n) is 21.0. The van der Waals surface area contributed by atoms with Gasteiger partial charge in [-0.25, -0.2) is 4.68 Å². The Morgan fingerprint density at radius 1 is 1.11 bits per heavy atom. The van der Waals surface area contributed by atoms with Crippen molar-refractivity contribution >= 4 is 33.9 Å². The smallest absolute Gasteiger partial charge is 0.109 e. The summed E-state index contributed by atoms with van der Waals surface area (Å²) in [5.41, 5.74) is 4.49. The van der Waals surface area contributed by atoms with Crippen LogP contribution in [0.2, 0.25) is 5.02 Å². The first-order chi connectivity index (χ1) is 17.8. The van der Waals surface area contributed by atoms with E-state index in [0.717, 1.165) is 24.1 Å². The third-order valence-corrected chi connectivity index (χ3v) is 6.52. The van der Waals surface area contributed by atoms with Gasteiger partial charge in [0.1, 0.15) is 17.8 Å². The van der Waals surface area contributed by atoms with E-state index < -0.39 is 0 Å². The molecule has 9 heteroatoms. The zero-order chi connectivity index (χ0) is 26.2. The molecule has 0 bridgehead atoms. The molecule has 2 N–H and O–H groups in total. The van der Waals surface area contributed by atoms with Gasteiger partial charge in [0, 0.05) is 28.8 Å². The summed E-state index contributed by atoms with van der Waals surface area (Å²) in [6.45, 7) is 7.01. The second-order valence-corrected chi connectivity index (χ2v) is 11.0. The van der Waals surface area contributed by atoms with Crippen LogP contribution >= 0.6 is 11.6 Å². The fraction of sp³-hybridized carbons (Fsp3) is 0.321. The number of fused-ring (bicyclic) bond motifs is 1. The van der Waals surface area contributed by atoms with E-state index in [4.69, 9.17) is 11.6 Å². The molecule has 4 aromatic rings. The van der Waals surface area contributed by atoms with E-state index >= 15 is 0 Å². The van der Waals surface area contributed by atoms with Crippen LogP contribution in [0.4, 0.5) is 11.4 Å². The van der Waals surface area contributed by atoms with Gasteiger partial charge in [0.15, 0.2) is 0 Å². The van der Waals surface area contributed by atoms with E-state index in [0.29, 0.717) is 51.0 Å². The molecule has 0 saturated heterocycles. The molecule has 0 unspecified atom stereocenters. The largest absolute Gasteiger partial charge is 0.383 e. The summed E-state index contributed by atoms with van der Waals surface area (Å²) < 4.78 is 1.92. The van der Waals surface area contributed by atoms with E-state index in [1.54, 1.807) is 6.07 Å². The SMILES string of the molecule is CC(C)(C)CNc1c(C#N)cnc2c(C#N)cc(N[C@@H](c3ccc(Cl)cc3)c3cn(C4CC4)nn3)cc12. The lowest BCUT2D eigenvalue weighted by Gasteiger charge is -2.22. The molecule has 2 heterocycles. The second-order valence-electron chi connectivity index (χ2n) is 10.6. The number of aromatic nitrogens is 4. The van der Waals surface area contributed by atoms with Crippen LogP contribution < -0.4 is 10.6 Å². The molecule has 0 spiro atoms. The Hall–Kier alpha value is -4.14. The predicted molar refractivity (Wildman–Crippen MR) is 144 cm³/mol. The summed E-state index contributed by atoms with van der Waals surface area (Å²) in [7, 11) is 0. The van der Waals surface area contributed by atoms with Crippen LogP contribution in [0.3, 0.4) is 0 Å². The minimum atomic E-state index is -0.327. The number of nitriles is 2. The number of rotatable bonds is 7. The number of hydrogen-bond acceptors (Lipinski definition) is 7. The predicted octanol–water partition coefficient (Wildman–Crippen LogP) is 6.22. The van der Waals surface area contributed by atoms with Crippen molar-refractivity contribution in [3.05, 3.63) is 76.2 Å². The first kappa shape index (κ1) is 24.5. The number of benzene rings is 2. The molecule has 1 aliphatic carbocycles. The second kappa shape index (κ2) is 9.72. The topological polar surface area (TPSA) is 115 Å². The van der Waals surface area contributed by atoms with Crippen LogP contribution in [0, 0.1) is 28.1 Å². The zero-order valence-corrected chi connectivity index (χ0v) is 21.7. The van der Waals surface area contributed by atoms with E-state index in [2.05, 4.69) is 58.8 Å². The van der Waals surface area contributed by atoms with Gasteiger partial charge in [0.05, 0.1) is 40.6 Å². The van der Waals surface area contributed by atoms with Crippen molar-refractivity contribution in [3.8, 4) is 12.1 Å². The molecule has 8 nitrogen and oxygen atoms in total. The summed E-state index contributed by atoms with van der Waals surface area (Å²) in [5.74, 6) is 0. The van der Waals surface area contributed by atoms with Gasteiger partial charge in [-0.2, -0.15) is 10.5 Å². The molecule has 0 aliphatic heterocycles. The lowest BCUT2D eigenvalue weighted by molar-refractivity contribution is 0.443. The third-order valence-electron chi connectivity index (χ3n) is 6.27. The first-order valence-electron chi connectivity index (χ1n) is 12.2. The number of hydrogen-bond donors (Lipinski definition) is 2. The average Bonchev–Trinajstić information content (AvgIpc) is 3.62. The quantitative estimate of drug-likeness (QED) is 0.303. The Kier molecular flexibility index (Phi) is 6.45. The summed E-state index contributed by atoms with van der Waals surface area (Å²) in [6.07, 6.45) is 5.71. The van der Waals surface area contributed by atoms with Gasteiger partial charge in [-0.1, -0.05) is 49.7 Å². The lowest BCUT2D eigenvalue weighted by Crippen LogP contribution is -2.20. The van der Waals surface area contributed by atoms with Crippen LogP contribution in [-0.4, -0.2) is 26.5 Å². The Bertz CT molecular complexity index is 1530. The molecule has 0 radical (unpaired) electrons. The number of nitrogens with zero attached hydrogens (tertiary/aromatic N) is 6. The highest BCUT2D eigenvalue weighted by molar-refractivity contribution is 6.30. The highest BCUT2D eigenvalue weighted by Crippen LogP contribution is 2.36. The highest BCUT2D eigenvalue weighted by atomic mass is 35.5. The standard InChI is InChI=1S/C28H27ClN8/c1-28(2,3)16-33-26-19(13-31)14-32-25-18(12-30)10-21(11-23(25)26)34-27(17-4-6-20(29)7-5-17)24-15-37(36-35-24)22-8-9-22/h4-7,10-11,14-15,22,27,34H,8-9,16H2,1-3H3,(H,32,33)/t27-/m0/s1. The molecule has 2 aromatic heterocycles. The number of anilines is 2. The van der Waals surface area contributed by atoms with Crippen molar-refractivity contribution in [3.63, 3.8) is 0 Å². The lowest BCUT2D eigenvalue weighted by atomic mass is 9.96. The van der Waals surface area contributed by atoms with Crippen LogP contribution in [-0.2, 0) is 0 Å². The Morgan fingerprint density at radius 3 is 2.49 bits per heavy atom. The van der Waals surface area contributed by atoms with Crippen molar-refractivity contribution in [2.75, 3.05) is 17.2 Å². The van der Waals surface area contributed by atoms with Crippen molar-refractivity contribution < 1.29 is 0 Å². The highest BCUT2D eigenvalue weighted by Gasteiger charge is 2.27. The van der Waals surface area contributed by atoms with E-state index in [1.807, 2.05) is 41.2 Å². The maximum atomic E-state index is 9.96. The van der Waals surface area contributed by atoms with E-state index in [1.165, 1.54) is 6.20 Å². The maximum absolute atomic E-state index is 9.96. The number of nitrogens with one attached hydrogen (secondary N) is 2. The van der Waals surface area contributed by atoms with Crippen molar-refractivity contribution in [1.82, 2.24) is 20.0 Å². The van der Waals surface area contributed by atoms with Gasteiger partial charge in [-0.05, 0) is 48.1 Å². The van der Waals surface area contributed by atoms with Crippen LogP contribution in [0.15, 0.2) is 48.8 Å². The Labute approximate surface area is 220 Å². The number of pyridine rings is 1. The molecule has 2 aromatic carbocycles. The van der Waals surface area contributed by atoms with Gasteiger partial charge in [0.2, 0.25) is 0 Å². The van der Waals surface area contributed by atoms with Gasteiger partial charge in [-0.15, -0.1) is 5.10 Å². The van der Waals surface area contributed by atoms with E-state index in [-0.39, 0.29) is 11.5 Å². The third kappa shape index (κ3) is 5.35. The monoisotopic (exact) mass is 510 g/mol. The van der Waals surface area contributed by atoms with Gasteiger partial charge < -0.3 is 10.6 Å². The molecular formula is C28H27ClN8. The summed E-state index contributed by atoms with van der Waals surface area (Å²) >= 11 is 6.16. The molecule has 37 heavy (non-hydrogen) atoms. The molecule has 5 rings (SSSR count). The summed E-state index contributed by atoms with van der Waals surface area (Å²) in [4.78, 5) is 4.45. The first-order valence-corrected chi connectivity index (χ1v) is 12.6. The molecule has 1 saturated carbocycles. The van der Waals surface area contributed by atoms with Crippen LogP contribution in [0.1, 0.15) is 68.1 Å². The maximum Gasteiger partial charge on any atom is 0.109 e. The average molecular weight is 511 g/mol. The fourth-order valence-electron chi connectivity index (χ4n) is 4.19. The molecule has 1 fully saturated rings. The summed E-state index contributed by atoms with van der Waals surface area (Å²) in [5, 5.41) is 36.9. The van der Waals surface area contributed by atoms with Crippen LogP contribution in [0.5, 0.6) is 0 Å². The fourth-order valence-corrected chi connectivity index (χ4v) is 4.32. The normalized spacial score (nSPS) is 14.1. The number of halogens is 1. The van der Waals surface area contributed by atoms with E-state index in [9.17, 15) is 10.5 Å². The minimum absolute atomic E-state index is 0.0106. The minimum Gasteiger partial charge on any atom is -0.383 e. The Balaban J connectivity index is 1.60. The summed E-state index contributed by atoms with van der Waals surface area (Å²) in [6, 6.07) is 15.9. The van der Waals surface area contributed by atoms with Gasteiger partial charge >= 0.3 is 0 Å². The van der Waals surface area contributed by atoms with Gasteiger partial charge in [-0.3, -0.25) is 4.98 Å². The molecular weight excluding hydrogens is 484 g/mol. The van der Waals surface area contributed by atoms with Crippen molar-refractivity contribution in [2.45, 2.75) is 45.7 Å². The molecule has 186 valence electrons. The van der Waals surface area contributed by atoms with Crippen LogP contribution in [0.25, 0.3) is 10.9 Å².